The summed E-state index contributed by atoms with van der Waals surface area (Å²) in [6, 6.07) is 13.0. The van der Waals surface area contributed by atoms with Gasteiger partial charge < -0.3 is 15.2 Å². The van der Waals surface area contributed by atoms with E-state index >= 15 is 0 Å². The summed E-state index contributed by atoms with van der Waals surface area (Å²) >= 11 is 0. The Labute approximate surface area is 138 Å². The molecule has 2 aromatic rings. The maximum absolute atomic E-state index is 13.3. The Morgan fingerprint density at radius 1 is 1.17 bits per heavy atom. The maximum atomic E-state index is 13.3. The Morgan fingerprint density at radius 3 is 2.62 bits per heavy atom. The van der Waals surface area contributed by atoms with Gasteiger partial charge in [0, 0.05) is 6.54 Å². The van der Waals surface area contributed by atoms with E-state index in [9.17, 15) is 14.0 Å². The number of aromatic carboxylic acids is 1. The summed E-state index contributed by atoms with van der Waals surface area (Å²) in [6.07, 6.45) is 2.64. The molecule has 0 radical (unpaired) electrons. The number of benzene rings is 2. The highest BCUT2D eigenvalue weighted by Crippen LogP contribution is 2.11. The lowest BCUT2D eigenvalue weighted by Crippen LogP contribution is -2.24. The molecule has 2 aromatic carbocycles. The van der Waals surface area contributed by atoms with Gasteiger partial charge in [-0.15, -0.1) is 0 Å². The largest absolute Gasteiger partial charge is 0.478 e. The average molecular weight is 329 g/mol. The van der Waals surface area contributed by atoms with Gasteiger partial charge in [-0.3, -0.25) is 0 Å². The monoisotopic (exact) mass is 329 g/mol. The molecule has 2 N–H and O–H groups in total. The standard InChI is InChI=1S/C18H16FNO4/c19-16-9-8-13(11-15(16)17(21)22)7-4-10-20-18(23)24-12-14-5-2-1-3-6-14/h1-9,11H,10,12H2,(H,20,23)(H,21,22). The highest BCUT2D eigenvalue weighted by atomic mass is 19.1. The summed E-state index contributed by atoms with van der Waals surface area (Å²) < 4.78 is 18.3. The van der Waals surface area contributed by atoms with Crippen molar-refractivity contribution < 1.29 is 23.8 Å². The number of alkyl carbamates (subject to hydrolysis) is 1. The first kappa shape index (κ1) is 17.2. The number of carbonyl (C=O) groups is 2. The van der Waals surface area contributed by atoms with Crippen LogP contribution in [0, 0.1) is 5.82 Å². The lowest BCUT2D eigenvalue weighted by molar-refractivity contribution is 0.0691. The third-order valence-electron chi connectivity index (χ3n) is 3.11. The third-order valence-corrected chi connectivity index (χ3v) is 3.11. The number of carbonyl (C=O) groups excluding carboxylic acids is 1. The maximum Gasteiger partial charge on any atom is 0.407 e. The predicted octanol–water partition coefficient (Wildman–Crippen LogP) is 3.46. The van der Waals surface area contributed by atoms with E-state index in [1.165, 1.54) is 12.1 Å². The van der Waals surface area contributed by atoms with E-state index in [1.807, 2.05) is 30.3 Å². The second kappa shape index (κ2) is 8.47. The molecule has 0 spiro atoms. The molecule has 0 aliphatic carbocycles. The van der Waals surface area contributed by atoms with Crippen LogP contribution in [0.3, 0.4) is 0 Å². The van der Waals surface area contributed by atoms with Gasteiger partial charge in [-0.2, -0.15) is 0 Å². The van der Waals surface area contributed by atoms with E-state index in [0.717, 1.165) is 11.6 Å². The minimum Gasteiger partial charge on any atom is -0.478 e. The van der Waals surface area contributed by atoms with Gasteiger partial charge in [0.25, 0.3) is 0 Å². The number of carboxylic acid groups (broad SMARTS) is 1. The van der Waals surface area contributed by atoms with Crippen LogP contribution in [0.4, 0.5) is 9.18 Å². The van der Waals surface area contributed by atoms with Crippen molar-refractivity contribution in [1.82, 2.24) is 5.32 Å². The van der Waals surface area contributed by atoms with Gasteiger partial charge in [-0.05, 0) is 23.3 Å². The second-order valence-electron chi connectivity index (χ2n) is 4.89. The Kier molecular flexibility index (Phi) is 6.08. The third kappa shape index (κ3) is 5.24. The highest BCUT2D eigenvalue weighted by molar-refractivity contribution is 5.88. The number of halogens is 1. The molecule has 0 unspecified atom stereocenters. The Bertz CT molecular complexity index is 744. The Balaban J connectivity index is 1.79. The molecule has 0 bridgehead atoms. The lowest BCUT2D eigenvalue weighted by atomic mass is 10.1. The van der Waals surface area contributed by atoms with Gasteiger partial charge in [0.15, 0.2) is 0 Å². The average Bonchev–Trinajstić information content (AvgIpc) is 2.59. The van der Waals surface area contributed by atoms with Crippen molar-refractivity contribution >= 4 is 18.1 Å². The van der Waals surface area contributed by atoms with Crippen LogP contribution in [-0.4, -0.2) is 23.7 Å². The number of carboxylic acids is 1. The first-order valence-corrected chi connectivity index (χ1v) is 7.20. The predicted molar refractivity (Wildman–Crippen MR) is 87.0 cm³/mol. The molecule has 0 aromatic heterocycles. The van der Waals surface area contributed by atoms with Crippen LogP contribution in [0.15, 0.2) is 54.6 Å². The molecule has 0 atom stereocenters. The summed E-state index contributed by atoms with van der Waals surface area (Å²) in [5.41, 5.74) is 1.01. The Morgan fingerprint density at radius 2 is 1.92 bits per heavy atom. The van der Waals surface area contributed by atoms with Crippen molar-refractivity contribution in [3.63, 3.8) is 0 Å². The normalized spacial score (nSPS) is 10.5. The highest BCUT2D eigenvalue weighted by Gasteiger charge is 2.09. The molecule has 24 heavy (non-hydrogen) atoms. The van der Waals surface area contributed by atoms with Crippen molar-refractivity contribution in [2.45, 2.75) is 6.61 Å². The van der Waals surface area contributed by atoms with E-state index in [0.29, 0.717) is 5.56 Å². The fraction of sp³-hybridized carbons (Fsp3) is 0.111. The van der Waals surface area contributed by atoms with Crippen molar-refractivity contribution in [2.24, 2.45) is 0 Å². The number of hydrogen-bond acceptors (Lipinski definition) is 3. The molecular formula is C18H16FNO4. The van der Waals surface area contributed by atoms with Crippen LogP contribution in [0.2, 0.25) is 0 Å². The molecule has 1 amide bonds. The first-order chi connectivity index (χ1) is 11.6. The van der Waals surface area contributed by atoms with E-state index < -0.39 is 23.4 Å². The number of hydrogen-bond donors (Lipinski definition) is 2. The van der Waals surface area contributed by atoms with Crippen LogP contribution < -0.4 is 5.32 Å². The zero-order chi connectivity index (χ0) is 17.4. The first-order valence-electron chi connectivity index (χ1n) is 7.20. The van der Waals surface area contributed by atoms with Crippen LogP contribution in [0.1, 0.15) is 21.5 Å². The van der Waals surface area contributed by atoms with Crippen LogP contribution >= 0.6 is 0 Å². The molecule has 0 saturated heterocycles. The molecule has 0 heterocycles. The summed E-state index contributed by atoms with van der Waals surface area (Å²) in [4.78, 5) is 22.4. The second-order valence-corrected chi connectivity index (χ2v) is 4.89. The summed E-state index contributed by atoms with van der Waals surface area (Å²) in [5.74, 6) is -2.12. The molecule has 0 aliphatic rings. The molecule has 6 heteroatoms. The van der Waals surface area contributed by atoms with Crippen molar-refractivity contribution in [3.05, 3.63) is 77.1 Å². The lowest BCUT2D eigenvalue weighted by Gasteiger charge is -2.05. The topological polar surface area (TPSA) is 75.6 Å². The van der Waals surface area contributed by atoms with Gasteiger partial charge in [0.1, 0.15) is 12.4 Å². The molecule has 2 rings (SSSR count). The smallest absolute Gasteiger partial charge is 0.407 e. The SMILES string of the molecule is O=C(NCC=Cc1ccc(F)c(C(=O)O)c1)OCc1ccccc1. The fourth-order valence-electron chi connectivity index (χ4n) is 1.92. The fourth-order valence-corrected chi connectivity index (χ4v) is 1.92. The molecule has 0 aliphatic heterocycles. The molecule has 124 valence electrons. The van der Waals surface area contributed by atoms with E-state index in [1.54, 1.807) is 12.2 Å². The van der Waals surface area contributed by atoms with Crippen LogP contribution in [0.25, 0.3) is 6.08 Å². The number of rotatable bonds is 6. The van der Waals surface area contributed by atoms with Gasteiger partial charge >= 0.3 is 12.1 Å². The zero-order valence-corrected chi connectivity index (χ0v) is 12.7. The molecule has 0 fully saturated rings. The minimum atomic E-state index is -1.33. The Hall–Kier alpha value is -3.15. The summed E-state index contributed by atoms with van der Waals surface area (Å²) in [7, 11) is 0. The van der Waals surface area contributed by atoms with Crippen molar-refractivity contribution in [1.29, 1.82) is 0 Å². The molecule has 5 nitrogen and oxygen atoms in total. The summed E-state index contributed by atoms with van der Waals surface area (Å²) in [5, 5.41) is 11.4. The summed E-state index contributed by atoms with van der Waals surface area (Å²) in [6.45, 7) is 0.379. The van der Waals surface area contributed by atoms with Gasteiger partial charge in [0.2, 0.25) is 0 Å². The van der Waals surface area contributed by atoms with Crippen molar-refractivity contribution in [3.8, 4) is 0 Å². The quantitative estimate of drug-likeness (QED) is 0.851. The minimum absolute atomic E-state index is 0.177. The number of amides is 1. The van der Waals surface area contributed by atoms with E-state index in [2.05, 4.69) is 5.32 Å². The van der Waals surface area contributed by atoms with Gasteiger partial charge in [-0.25, -0.2) is 14.0 Å². The number of ether oxygens (including phenoxy) is 1. The van der Waals surface area contributed by atoms with Gasteiger partial charge in [-0.1, -0.05) is 48.6 Å². The molecule has 0 saturated carbocycles. The van der Waals surface area contributed by atoms with Gasteiger partial charge in [0.05, 0.1) is 5.56 Å². The zero-order valence-electron chi connectivity index (χ0n) is 12.7. The van der Waals surface area contributed by atoms with Crippen LogP contribution in [0.5, 0.6) is 0 Å². The molecular weight excluding hydrogens is 313 g/mol. The van der Waals surface area contributed by atoms with E-state index in [4.69, 9.17) is 9.84 Å². The van der Waals surface area contributed by atoms with Crippen molar-refractivity contribution in [2.75, 3.05) is 6.54 Å². The van der Waals surface area contributed by atoms with Crippen LogP contribution in [-0.2, 0) is 11.3 Å². The van der Waals surface area contributed by atoms with E-state index in [-0.39, 0.29) is 13.2 Å². The number of nitrogens with one attached hydrogen (secondary N) is 1.